The number of thiocarbonyl (C=S) groups is 1. The van der Waals surface area contributed by atoms with Crippen LogP contribution in [0, 0.1) is 0 Å². The van der Waals surface area contributed by atoms with Gasteiger partial charge in [-0.2, -0.15) is 0 Å². The maximum absolute atomic E-state index is 11.3. The largest absolute Gasteiger partial charge is 0.466 e. The van der Waals surface area contributed by atoms with E-state index in [-0.39, 0.29) is 12.4 Å². The van der Waals surface area contributed by atoms with Crippen molar-refractivity contribution in [3.05, 3.63) is 35.9 Å². The van der Waals surface area contributed by atoms with Gasteiger partial charge in [0.25, 0.3) is 0 Å². The topological polar surface area (TPSA) is 77.2 Å². The van der Waals surface area contributed by atoms with Gasteiger partial charge < -0.3 is 15.8 Å². The van der Waals surface area contributed by atoms with Crippen LogP contribution < -0.4 is 11.1 Å². The number of carbonyl (C=O) groups is 1. The zero-order chi connectivity index (χ0) is 15.2. The van der Waals surface area contributed by atoms with Crippen LogP contribution in [0.15, 0.2) is 30.3 Å². The number of fused-ring (bicyclic) bond motifs is 1. The summed E-state index contributed by atoms with van der Waals surface area (Å²) in [6, 6.07) is 9.45. The lowest BCUT2D eigenvalue weighted by Crippen LogP contribution is -2.14. The Kier molecular flexibility index (Phi) is 5.05. The molecule has 0 amide bonds. The lowest BCUT2D eigenvalue weighted by Gasteiger charge is -2.10. The molecule has 6 heteroatoms. The number of esters is 1. The van der Waals surface area contributed by atoms with Gasteiger partial charge in [-0.1, -0.05) is 30.4 Å². The van der Waals surface area contributed by atoms with E-state index < -0.39 is 0 Å². The van der Waals surface area contributed by atoms with E-state index in [1.165, 1.54) is 0 Å². The fraction of sp³-hybridized carbons (Fsp3) is 0.267. The number of nitrogens with one attached hydrogen (secondary N) is 1. The van der Waals surface area contributed by atoms with Crippen molar-refractivity contribution in [3.63, 3.8) is 0 Å². The monoisotopic (exact) mass is 303 g/mol. The van der Waals surface area contributed by atoms with Crippen molar-refractivity contribution in [1.82, 2.24) is 4.98 Å². The second kappa shape index (κ2) is 6.99. The Morgan fingerprint density at radius 1 is 1.43 bits per heavy atom. The molecule has 0 aliphatic carbocycles. The fourth-order valence-corrected chi connectivity index (χ4v) is 2.16. The third-order valence-corrected chi connectivity index (χ3v) is 3.14. The highest BCUT2D eigenvalue weighted by Crippen LogP contribution is 2.20. The number of carbonyl (C=O) groups excluding carboxylic acids is 1. The molecule has 2 rings (SSSR count). The van der Waals surface area contributed by atoms with Crippen LogP contribution in [0.3, 0.4) is 0 Å². The normalized spacial score (nSPS) is 10.3. The second-order valence-electron chi connectivity index (χ2n) is 4.42. The van der Waals surface area contributed by atoms with Crippen LogP contribution in [0.25, 0.3) is 10.9 Å². The van der Waals surface area contributed by atoms with Crippen LogP contribution in [0.4, 0.5) is 5.82 Å². The highest BCUT2D eigenvalue weighted by atomic mass is 32.1. The molecule has 110 valence electrons. The molecule has 0 radical (unpaired) electrons. The quantitative estimate of drug-likeness (QED) is 0.629. The molecule has 0 aliphatic heterocycles. The van der Waals surface area contributed by atoms with E-state index in [9.17, 15) is 4.79 Å². The van der Waals surface area contributed by atoms with Crippen LogP contribution in [-0.2, 0) is 9.53 Å². The number of hydrogen-bond donors (Lipinski definition) is 2. The van der Waals surface area contributed by atoms with Gasteiger partial charge in [-0.25, -0.2) is 4.98 Å². The summed E-state index contributed by atoms with van der Waals surface area (Å²) < 4.78 is 4.87. The van der Waals surface area contributed by atoms with Gasteiger partial charge in [-0.05, 0) is 19.1 Å². The molecule has 0 aliphatic rings. The van der Waals surface area contributed by atoms with Crippen molar-refractivity contribution in [1.29, 1.82) is 0 Å². The average molecular weight is 303 g/mol. The Morgan fingerprint density at radius 2 is 2.19 bits per heavy atom. The van der Waals surface area contributed by atoms with E-state index in [1.807, 2.05) is 24.3 Å². The Labute approximate surface area is 128 Å². The molecule has 0 fully saturated rings. The first-order valence-electron chi connectivity index (χ1n) is 6.71. The molecule has 0 saturated heterocycles. The number of para-hydroxylation sites is 1. The molecule has 0 spiro atoms. The van der Waals surface area contributed by atoms with E-state index in [4.69, 9.17) is 22.7 Å². The number of ether oxygens (including phenoxy) is 1. The minimum Gasteiger partial charge on any atom is -0.466 e. The smallest absolute Gasteiger partial charge is 0.307 e. The van der Waals surface area contributed by atoms with Gasteiger partial charge in [0.2, 0.25) is 0 Å². The summed E-state index contributed by atoms with van der Waals surface area (Å²) in [6.07, 6.45) is 0.282. The van der Waals surface area contributed by atoms with E-state index in [1.54, 1.807) is 13.0 Å². The number of nitrogens with zero attached hydrogens (tertiary/aromatic N) is 1. The predicted octanol–water partition coefficient (Wildman–Crippen LogP) is 2.23. The number of rotatable bonds is 6. The number of benzene rings is 1. The number of anilines is 1. The molecule has 0 atom stereocenters. The molecule has 0 bridgehead atoms. The summed E-state index contributed by atoms with van der Waals surface area (Å²) in [4.78, 5) is 16.1. The lowest BCUT2D eigenvalue weighted by molar-refractivity contribution is -0.142. The molecular formula is C15H17N3O2S. The van der Waals surface area contributed by atoms with Crippen molar-refractivity contribution >= 4 is 39.9 Å². The van der Waals surface area contributed by atoms with E-state index in [2.05, 4.69) is 10.3 Å². The standard InChI is InChI=1S/C15H17N3O2S/c1-2-20-14(19)7-8-17-13-9-11(15(16)21)10-5-3-4-6-12(10)18-13/h3-6,9H,2,7-8H2,1H3,(H2,16,21)(H,17,18). The Hall–Kier alpha value is -2.21. The lowest BCUT2D eigenvalue weighted by atomic mass is 10.1. The van der Waals surface area contributed by atoms with E-state index in [0.717, 1.165) is 16.5 Å². The van der Waals surface area contributed by atoms with Crippen LogP contribution >= 0.6 is 12.2 Å². The SMILES string of the molecule is CCOC(=O)CCNc1cc(C(N)=S)c2ccccc2n1. The molecule has 5 nitrogen and oxygen atoms in total. The maximum Gasteiger partial charge on any atom is 0.307 e. The van der Waals surface area contributed by atoms with Gasteiger partial charge in [0.1, 0.15) is 10.8 Å². The zero-order valence-corrected chi connectivity index (χ0v) is 12.6. The summed E-state index contributed by atoms with van der Waals surface area (Å²) in [7, 11) is 0. The Bertz CT molecular complexity index is 673. The Balaban J connectivity index is 2.17. The van der Waals surface area contributed by atoms with E-state index >= 15 is 0 Å². The van der Waals surface area contributed by atoms with Crippen LogP contribution in [-0.4, -0.2) is 29.1 Å². The summed E-state index contributed by atoms with van der Waals surface area (Å²) in [5.74, 6) is 0.404. The molecule has 1 aromatic carbocycles. The molecule has 3 N–H and O–H groups in total. The average Bonchev–Trinajstić information content (AvgIpc) is 2.46. The summed E-state index contributed by atoms with van der Waals surface area (Å²) in [5.41, 5.74) is 7.35. The number of pyridine rings is 1. The molecule has 1 aromatic heterocycles. The summed E-state index contributed by atoms with van der Waals surface area (Å²) in [5, 5.41) is 4.01. The van der Waals surface area contributed by atoms with E-state index in [0.29, 0.717) is 24.0 Å². The van der Waals surface area contributed by atoms with Gasteiger partial charge in [0.05, 0.1) is 18.5 Å². The molecule has 0 unspecified atom stereocenters. The second-order valence-corrected chi connectivity index (χ2v) is 4.86. The van der Waals surface area contributed by atoms with Crippen LogP contribution in [0.2, 0.25) is 0 Å². The number of aromatic nitrogens is 1. The first-order valence-corrected chi connectivity index (χ1v) is 7.11. The van der Waals surface area contributed by atoms with Crippen molar-refractivity contribution < 1.29 is 9.53 Å². The van der Waals surface area contributed by atoms with Crippen molar-refractivity contribution in [2.45, 2.75) is 13.3 Å². The number of hydrogen-bond acceptors (Lipinski definition) is 5. The summed E-state index contributed by atoms with van der Waals surface area (Å²) >= 11 is 5.09. The first-order chi connectivity index (χ1) is 10.1. The minimum atomic E-state index is -0.236. The van der Waals surface area contributed by atoms with Gasteiger partial charge in [-0.3, -0.25) is 4.79 Å². The highest BCUT2D eigenvalue weighted by molar-refractivity contribution is 7.80. The zero-order valence-electron chi connectivity index (χ0n) is 11.8. The van der Waals surface area contributed by atoms with Crippen molar-refractivity contribution in [2.75, 3.05) is 18.5 Å². The van der Waals surface area contributed by atoms with Gasteiger partial charge in [0.15, 0.2) is 0 Å². The number of nitrogens with two attached hydrogens (primary N) is 1. The summed E-state index contributed by atoms with van der Waals surface area (Å²) in [6.45, 7) is 2.62. The Morgan fingerprint density at radius 3 is 2.90 bits per heavy atom. The third kappa shape index (κ3) is 3.88. The molecule has 2 aromatic rings. The van der Waals surface area contributed by atoms with Gasteiger partial charge in [0, 0.05) is 17.5 Å². The van der Waals surface area contributed by atoms with Crippen molar-refractivity contribution in [3.8, 4) is 0 Å². The third-order valence-electron chi connectivity index (χ3n) is 2.92. The van der Waals surface area contributed by atoms with Gasteiger partial charge in [-0.15, -0.1) is 0 Å². The van der Waals surface area contributed by atoms with Crippen molar-refractivity contribution in [2.24, 2.45) is 5.73 Å². The minimum absolute atomic E-state index is 0.236. The highest BCUT2D eigenvalue weighted by Gasteiger charge is 2.08. The molecular weight excluding hydrogens is 286 g/mol. The molecule has 21 heavy (non-hydrogen) atoms. The first kappa shape index (κ1) is 15.2. The van der Waals surface area contributed by atoms with Crippen LogP contribution in [0.1, 0.15) is 18.9 Å². The maximum atomic E-state index is 11.3. The molecule has 1 heterocycles. The van der Waals surface area contributed by atoms with Crippen LogP contribution in [0.5, 0.6) is 0 Å². The predicted molar refractivity (Wildman–Crippen MR) is 87.4 cm³/mol. The molecule has 0 saturated carbocycles. The van der Waals surface area contributed by atoms with Gasteiger partial charge >= 0.3 is 5.97 Å². The fourth-order valence-electron chi connectivity index (χ4n) is 2.00.